The van der Waals surface area contributed by atoms with E-state index in [-0.39, 0.29) is 47.3 Å². The number of nitrogens with zero attached hydrogens (tertiary/aromatic N) is 10. The van der Waals surface area contributed by atoms with Crippen molar-refractivity contribution in [2.24, 2.45) is 0 Å². The van der Waals surface area contributed by atoms with Crippen molar-refractivity contribution in [3.63, 3.8) is 0 Å². The van der Waals surface area contributed by atoms with Gasteiger partial charge in [0.25, 0.3) is 5.91 Å². The number of pyridine rings is 3. The van der Waals surface area contributed by atoms with Gasteiger partial charge in [-0.15, -0.1) is 0 Å². The average Bonchev–Trinajstić information content (AvgIpc) is 4.14. The van der Waals surface area contributed by atoms with Crippen molar-refractivity contribution in [1.82, 2.24) is 25.2 Å². The molecule has 0 saturated carbocycles. The largest absolute Gasteiger partial charge is 0.488 e. The number of carbonyl (C=O) groups is 4. The summed E-state index contributed by atoms with van der Waals surface area (Å²) in [5, 5.41) is 12.7. The minimum absolute atomic E-state index is 0.0770. The fraction of sp³-hybridized carbons (Fsp3) is 0.583. The molecule has 3 amide bonds. The molecule has 0 spiro atoms. The fourth-order valence-corrected chi connectivity index (χ4v) is 8.72. The van der Waals surface area contributed by atoms with Gasteiger partial charge in [-0.1, -0.05) is 6.92 Å². The molecule has 69 heavy (non-hydrogen) atoms. The van der Waals surface area contributed by atoms with Gasteiger partial charge in [0.05, 0.1) is 30.7 Å². The topological polar surface area (TPSA) is 190 Å². The Labute approximate surface area is 401 Å². The molecular formula is C48H64F3N11O7. The Bertz CT molecular complexity index is 2400. The zero-order chi connectivity index (χ0) is 50.4. The Hall–Kier alpha value is -6.43. The summed E-state index contributed by atoms with van der Waals surface area (Å²) in [7, 11) is 7.22. The predicted molar refractivity (Wildman–Crippen MR) is 254 cm³/mol. The van der Waals surface area contributed by atoms with Crippen molar-refractivity contribution >= 4 is 52.8 Å². The minimum Gasteiger partial charge on any atom is -0.488 e. The highest BCUT2D eigenvalue weighted by atomic mass is 19.4. The molecule has 5 aliphatic rings. The molecule has 3 saturated heterocycles. The first-order valence-corrected chi connectivity index (χ1v) is 23.4. The third-order valence-corrected chi connectivity index (χ3v) is 12.4. The van der Waals surface area contributed by atoms with E-state index in [0.29, 0.717) is 75.3 Å². The molecule has 0 aliphatic carbocycles. The molecule has 1 N–H and O–H groups in total. The lowest BCUT2D eigenvalue weighted by Crippen LogP contribution is -2.45. The summed E-state index contributed by atoms with van der Waals surface area (Å²) in [5.41, 5.74) is -1.99. The molecule has 8 heterocycles. The molecule has 18 nitrogen and oxygen atoms in total. The van der Waals surface area contributed by atoms with Gasteiger partial charge in [0.1, 0.15) is 53.9 Å². The Morgan fingerprint density at radius 2 is 1.38 bits per heavy atom. The molecule has 21 heteroatoms. The Morgan fingerprint density at radius 1 is 0.812 bits per heavy atom. The van der Waals surface area contributed by atoms with Gasteiger partial charge in [-0.25, -0.2) is 19.7 Å². The number of hydrogen-bond donors (Lipinski definition) is 1. The van der Waals surface area contributed by atoms with Gasteiger partial charge in [0, 0.05) is 53.4 Å². The minimum atomic E-state index is -4.70. The molecule has 0 unspecified atom stereocenters. The molecule has 3 aromatic heterocycles. The number of fused-ring (bicyclic) bond motifs is 2. The number of hydrogen-bond acceptors (Lipinski definition) is 15. The molecule has 0 bridgehead atoms. The van der Waals surface area contributed by atoms with E-state index in [0.717, 1.165) is 56.4 Å². The van der Waals surface area contributed by atoms with E-state index in [4.69, 9.17) is 14.2 Å². The first-order chi connectivity index (χ1) is 32.6. The number of halogens is 3. The van der Waals surface area contributed by atoms with Crippen molar-refractivity contribution in [1.29, 1.82) is 5.26 Å². The second-order valence-corrected chi connectivity index (χ2v) is 18.6. The van der Waals surface area contributed by atoms with Crippen LogP contribution < -0.4 is 39.3 Å². The number of aromatic nitrogens is 3. The number of carbonyl (C=O) groups excluding carboxylic acids is 4. The van der Waals surface area contributed by atoms with E-state index >= 15 is 0 Å². The quantitative estimate of drug-likeness (QED) is 0.285. The summed E-state index contributed by atoms with van der Waals surface area (Å²) >= 11 is 0. The monoisotopic (exact) mass is 963 g/mol. The number of likely N-dealkylation sites (N-methyl/N-ethyl adjacent to an activating group) is 4. The van der Waals surface area contributed by atoms with Gasteiger partial charge in [-0.3, -0.25) is 29.1 Å². The molecular weight excluding hydrogens is 900 g/mol. The zero-order valence-corrected chi connectivity index (χ0v) is 41.0. The second kappa shape index (κ2) is 21.9. The van der Waals surface area contributed by atoms with E-state index in [2.05, 4.69) is 25.2 Å². The van der Waals surface area contributed by atoms with E-state index in [1.165, 1.54) is 16.7 Å². The number of nitrogens with one attached hydrogen (secondary N) is 1. The molecule has 0 radical (unpaired) electrons. The third-order valence-electron chi connectivity index (χ3n) is 12.4. The lowest BCUT2D eigenvalue weighted by molar-refractivity contribution is -0.137. The van der Waals surface area contributed by atoms with Crippen molar-refractivity contribution in [3.8, 4) is 17.6 Å². The molecule has 3 aromatic rings. The van der Waals surface area contributed by atoms with Crippen LogP contribution >= 0.6 is 0 Å². The SMILES string of the molecule is CCC(=O)[C@@H]1CCCN1C(=O)OC(C)(C)C.CN1CCOc2ccc(N(C)C(=O)[C@@H]3CCCN3)nc21.Cc1cc(C(F)(F)F)c(C#N)c(N2CCC[C@H]2C(=O)N(C)c2ccc3c(n2)N(C)CCO3)n1. The number of ketones is 1. The predicted octanol–water partition coefficient (Wildman–Crippen LogP) is 6.13. The Morgan fingerprint density at radius 3 is 1.90 bits per heavy atom. The van der Waals surface area contributed by atoms with Gasteiger partial charge >= 0.3 is 12.3 Å². The summed E-state index contributed by atoms with van der Waals surface area (Å²) in [6.07, 6.45) is 0.0298. The van der Waals surface area contributed by atoms with E-state index in [9.17, 15) is 37.6 Å². The first kappa shape index (κ1) is 52.0. The lowest BCUT2D eigenvalue weighted by atomic mass is 10.1. The molecule has 374 valence electrons. The summed E-state index contributed by atoms with van der Waals surface area (Å²) in [6.45, 7) is 13.3. The normalized spacial score (nSPS) is 19.6. The van der Waals surface area contributed by atoms with Crippen LogP contribution in [0.3, 0.4) is 0 Å². The molecule has 8 rings (SSSR count). The third kappa shape index (κ3) is 12.2. The van der Waals surface area contributed by atoms with Crippen LogP contribution in [0.25, 0.3) is 0 Å². The van der Waals surface area contributed by atoms with Crippen molar-refractivity contribution in [2.75, 3.05) is 98.6 Å². The lowest BCUT2D eigenvalue weighted by Gasteiger charge is -2.31. The number of Topliss-reactive ketones (excluding diaryl/α,β-unsaturated/α-hetero) is 1. The highest BCUT2D eigenvalue weighted by molar-refractivity contribution is 5.99. The highest BCUT2D eigenvalue weighted by Crippen LogP contribution is 2.39. The number of amides is 3. The fourth-order valence-electron chi connectivity index (χ4n) is 8.72. The van der Waals surface area contributed by atoms with Crippen LogP contribution in [0.4, 0.5) is 47.1 Å². The number of ether oxygens (including phenoxy) is 3. The number of anilines is 5. The maximum absolute atomic E-state index is 13.6. The Kier molecular flexibility index (Phi) is 16.5. The molecule has 0 aromatic carbocycles. The van der Waals surface area contributed by atoms with Crippen LogP contribution in [0.1, 0.15) is 89.5 Å². The van der Waals surface area contributed by atoms with Gasteiger partial charge in [-0.2, -0.15) is 18.4 Å². The van der Waals surface area contributed by atoms with Gasteiger partial charge < -0.3 is 34.2 Å². The van der Waals surface area contributed by atoms with Crippen LogP contribution in [0, 0.1) is 18.3 Å². The van der Waals surface area contributed by atoms with Crippen molar-refractivity contribution in [3.05, 3.63) is 47.2 Å². The number of nitriles is 1. The van der Waals surface area contributed by atoms with Crippen LogP contribution in [0.15, 0.2) is 30.3 Å². The van der Waals surface area contributed by atoms with E-state index in [1.54, 1.807) is 42.1 Å². The maximum Gasteiger partial charge on any atom is 0.417 e. The summed E-state index contributed by atoms with van der Waals surface area (Å²) in [6, 6.07) is 8.55. The summed E-state index contributed by atoms with van der Waals surface area (Å²) in [4.78, 5) is 72.7. The van der Waals surface area contributed by atoms with Gasteiger partial charge in [0.2, 0.25) is 5.91 Å². The zero-order valence-electron chi connectivity index (χ0n) is 41.0. The van der Waals surface area contributed by atoms with Gasteiger partial charge in [0.15, 0.2) is 28.9 Å². The number of likely N-dealkylation sites (tertiary alicyclic amines) is 1. The van der Waals surface area contributed by atoms with Crippen molar-refractivity contribution < 1.29 is 46.6 Å². The van der Waals surface area contributed by atoms with Gasteiger partial charge in [-0.05, 0) is 103 Å². The second-order valence-electron chi connectivity index (χ2n) is 18.6. The molecule has 3 fully saturated rings. The van der Waals surface area contributed by atoms with Crippen LogP contribution in [0.5, 0.6) is 11.5 Å². The number of aryl methyl sites for hydroxylation is 1. The average molecular weight is 964 g/mol. The summed E-state index contributed by atoms with van der Waals surface area (Å²) in [5.74, 6) is 3.65. The Balaban J connectivity index is 0.000000185. The highest BCUT2D eigenvalue weighted by Gasteiger charge is 2.41. The first-order valence-electron chi connectivity index (χ1n) is 23.4. The number of rotatable bonds is 7. The summed E-state index contributed by atoms with van der Waals surface area (Å²) < 4.78 is 57.1. The smallest absolute Gasteiger partial charge is 0.417 e. The number of alkyl halides is 3. The molecule has 3 atom stereocenters. The maximum atomic E-state index is 13.6. The van der Waals surface area contributed by atoms with E-state index in [1.807, 2.05) is 58.8 Å². The standard InChI is InChI=1S/C22H23F3N6O2.C14H20N4O2.C12H21NO3/c1-13-11-15(22(23,24)25)14(12-26)19(27-13)31-8-4-5-16(31)21(32)30(3)18-7-6-17-20(28-18)29(2)9-10-33-17;1-17-8-9-20-11-5-6-12(16-13(11)17)18(2)14(19)10-4-3-7-15-10;1-5-10(14)9-7-6-8-13(9)11(15)16-12(2,3)4/h6-7,11,16H,4-5,8-10H2,1-3H3;5-6,10,15H,3-4,7-9H2,1-2H3;9H,5-8H2,1-4H3/t16-;10-;9-/m000/s1. The molecule has 5 aliphatic heterocycles. The van der Waals surface area contributed by atoms with Crippen LogP contribution in [-0.4, -0.2) is 141 Å². The van der Waals surface area contributed by atoms with Crippen molar-refractivity contribution in [2.45, 2.75) is 109 Å². The van der Waals surface area contributed by atoms with Crippen LogP contribution in [-0.2, 0) is 25.3 Å². The van der Waals surface area contributed by atoms with E-state index < -0.39 is 28.9 Å². The van der Waals surface area contributed by atoms with Crippen LogP contribution in [0.2, 0.25) is 0 Å².